The molecule has 0 atom stereocenters. The van der Waals surface area contributed by atoms with Crippen molar-refractivity contribution in [3.05, 3.63) is 52.6 Å². The molecular formula is C18H16N4O. The lowest BCUT2D eigenvalue weighted by molar-refractivity contribution is 0.535. The van der Waals surface area contributed by atoms with Crippen LogP contribution in [0.3, 0.4) is 0 Å². The summed E-state index contributed by atoms with van der Waals surface area (Å²) < 4.78 is 2.24. The van der Waals surface area contributed by atoms with Crippen molar-refractivity contribution in [3.63, 3.8) is 0 Å². The fourth-order valence-corrected chi connectivity index (χ4v) is 3.49. The van der Waals surface area contributed by atoms with Crippen LogP contribution in [0.25, 0.3) is 22.3 Å². The van der Waals surface area contributed by atoms with E-state index in [0.29, 0.717) is 17.4 Å². The second-order valence-corrected chi connectivity index (χ2v) is 6.01. The van der Waals surface area contributed by atoms with E-state index in [1.54, 1.807) is 0 Å². The largest absolute Gasteiger partial charge is 0.343 e. The van der Waals surface area contributed by atoms with Crippen molar-refractivity contribution in [1.29, 1.82) is 5.26 Å². The Hall–Kier alpha value is -2.87. The number of aromatic nitrogens is 3. The number of nitrogens with one attached hydrogen (secondary N) is 1. The maximum atomic E-state index is 11.5. The minimum atomic E-state index is -0.181. The molecule has 1 saturated carbocycles. The SMILES string of the molecule is N#Cc1cn(C2CCCC2)c2ccc(-c3nccc(=O)[nH]3)cc12. The van der Waals surface area contributed by atoms with Gasteiger partial charge in [0.15, 0.2) is 0 Å². The first-order valence-corrected chi connectivity index (χ1v) is 7.86. The molecule has 114 valence electrons. The predicted octanol–water partition coefficient (Wildman–Crippen LogP) is 3.38. The molecular weight excluding hydrogens is 288 g/mol. The smallest absolute Gasteiger partial charge is 0.251 e. The molecule has 0 amide bonds. The molecule has 1 aliphatic rings. The third-order valence-corrected chi connectivity index (χ3v) is 4.62. The van der Waals surface area contributed by atoms with Gasteiger partial charge >= 0.3 is 0 Å². The van der Waals surface area contributed by atoms with Crippen LogP contribution in [0.5, 0.6) is 0 Å². The van der Waals surface area contributed by atoms with Gasteiger partial charge in [0.2, 0.25) is 0 Å². The molecule has 0 saturated heterocycles. The molecule has 23 heavy (non-hydrogen) atoms. The summed E-state index contributed by atoms with van der Waals surface area (Å²) >= 11 is 0. The van der Waals surface area contributed by atoms with Crippen molar-refractivity contribution < 1.29 is 0 Å². The van der Waals surface area contributed by atoms with Gasteiger partial charge in [-0.3, -0.25) is 4.79 Å². The fourth-order valence-electron chi connectivity index (χ4n) is 3.49. The van der Waals surface area contributed by atoms with Crippen molar-refractivity contribution >= 4 is 10.9 Å². The Labute approximate surface area is 133 Å². The highest BCUT2D eigenvalue weighted by molar-refractivity contribution is 5.90. The Morgan fingerprint density at radius 2 is 2.09 bits per heavy atom. The Morgan fingerprint density at radius 3 is 2.83 bits per heavy atom. The van der Waals surface area contributed by atoms with Crippen molar-refractivity contribution in [2.24, 2.45) is 0 Å². The Balaban J connectivity index is 1.89. The number of benzene rings is 1. The maximum Gasteiger partial charge on any atom is 0.251 e. The molecule has 1 aliphatic carbocycles. The first-order valence-electron chi connectivity index (χ1n) is 7.86. The quantitative estimate of drug-likeness (QED) is 0.788. The van der Waals surface area contributed by atoms with Crippen LogP contribution < -0.4 is 5.56 Å². The van der Waals surface area contributed by atoms with Gasteiger partial charge in [0.25, 0.3) is 5.56 Å². The van der Waals surface area contributed by atoms with E-state index in [-0.39, 0.29) is 5.56 Å². The number of nitrogens with zero attached hydrogens (tertiary/aromatic N) is 3. The highest BCUT2D eigenvalue weighted by Gasteiger charge is 2.20. The summed E-state index contributed by atoms with van der Waals surface area (Å²) in [4.78, 5) is 18.4. The van der Waals surface area contributed by atoms with Gasteiger partial charge in [0, 0.05) is 41.0 Å². The van der Waals surface area contributed by atoms with Gasteiger partial charge in [-0.05, 0) is 31.0 Å². The van der Waals surface area contributed by atoms with Crippen LogP contribution in [0.2, 0.25) is 0 Å². The van der Waals surface area contributed by atoms with E-state index in [1.165, 1.54) is 37.9 Å². The van der Waals surface area contributed by atoms with E-state index in [1.807, 2.05) is 24.4 Å². The van der Waals surface area contributed by atoms with Crippen LogP contribution in [0.15, 0.2) is 41.5 Å². The van der Waals surface area contributed by atoms with Crippen LogP contribution >= 0.6 is 0 Å². The zero-order valence-corrected chi connectivity index (χ0v) is 12.6. The van der Waals surface area contributed by atoms with Crippen LogP contribution in [0, 0.1) is 11.3 Å². The summed E-state index contributed by atoms with van der Waals surface area (Å²) in [7, 11) is 0. The first-order chi connectivity index (χ1) is 11.3. The highest BCUT2D eigenvalue weighted by atomic mass is 16.1. The molecule has 1 fully saturated rings. The molecule has 4 rings (SSSR count). The molecule has 2 aromatic heterocycles. The van der Waals surface area contributed by atoms with Gasteiger partial charge in [-0.1, -0.05) is 12.8 Å². The number of aromatic amines is 1. The Kier molecular flexibility index (Phi) is 3.23. The highest BCUT2D eigenvalue weighted by Crippen LogP contribution is 2.35. The number of rotatable bonds is 2. The van der Waals surface area contributed by atoms with Crippen molar-refractivity contribution in [2.75, 3.05) is 0 Å². The summed E-state index contributed by atoms with van der Waals surface area (Å²) in [5, 5.41) is 10.4. The summed E-state index contributed by atoms with van der Waals surface area (Å²) in [5.74, 6) is 0.525. The number of hydrogen-bond acceptors (Lipinski definition) is 3. The first kappa shape index (κ1) is 13.8. The molecule has 0 bridgehead atoms. The molecule has 0 aliphatic heterocycles. The van der Waals surface area contributed by atoms with Gasteiger partial charge in [0.05, 0.1) is 5.56 Å². The van der Waals surface area contributed by atoms with Crippen molar-refractivity contribution in [3.8, 4) is 17.5 Å². The molecule has 2 heterocycles. The lowest BCUT2D eigenvalue weighted by Gasteiger charge is -2.13. The molecule has 5 nitrogen and oxygen atoms in total. The molecule has 0 spiro atoms. The van der Waals surface area contributed by atoms with Crippen LogP contribution in [-0.2, 0) is 0 Å². The fraction of sp³-hybridized carbons (Fsp3) is 0.278. The Bertz CT molecular complexity index is 971. The van der Waals surface area contributed by atoms with Gasteiger partial charge in [-0.15, -0.1) is 0 Å². The average molecular weight is 304 g/mol. The molecule has 1 aromatic carbocycles. The molecule has 5 heteroatoms. The van der Waals surface area contributed by atoms with Crippen LogP contribution in [-0.4, -0.2) is 14.5 Å². The van der Waals surface area contributed by atoms with Gasteiger partial charge in [0.1, 0.15) is 11.9 Å². The summed E-state index contributed by atoms with van der Waals surface area (Å²) in [6, 6.07) is 10.1. The summed E-state index contributed by atoms with van der Waals surface area (Å²) in [6.45, 7) is 0. The normalized spacial score (nSPS) is 15.1. The number of hydrogen-bond donors (Lipinski definition) is 1. The Morgan fingerprint density at radius 1 is 1.26 bits per heavy atom. The van der Waals surface area contributed by atoms with Gasteiger partial charge in [-0.2, -0.15) is 5.26 Å². The third-order valence-electron chi connectivity index (χ3n) is 4.62. The van der Waals surface area contributed by atoms with Crippen LogP contribution in [0.4, 0.5) is 0 Å². The predicted molar refractivity (Wildman–Crippen MR) is 88.0 cm³/mol. The molecule has 0 unspecified atom stereocenters. The topological polar surface area (TPSA) is 74.5 Å². The minimum absolute atomic E-state index is 0.181. The number of nitriles is 1. The third kappa shape index (κ3) is 2.33. The van der Waals surface area contributed by atoms with E-state index in [0.717, 1.165) is 16.5 Å². The van der Waals surface area contributed by atoms with Crippen molar-refractivity contribution in [2.45, 2.75) is 31.7 Å². The minimum Gasteiger partial charge on any atom is -0.343 e. The second-order valence-electron chi connectivity index (χ2n) is 6.01. The van der Waals surface area contributed by atoms with E-state index >= 15 is 0 Å². The zero-order valence-electron chi connectivity index (χ0n) is 12.6. The average Bonchev–Trinajstić information content (AvgIpc) is 3.21. The second kappa shape index (κ2) is 5.40. The summed E-state index contributed by atoms with van der Waals surface area (Å²) in [5.41, 5.74) is 2.39. The monoisotopic (exact) mass is 304 g/mol. The lowest BCUT2D eigenvalue weighted by Crippen LogP contribution is -2.06. The number of H-pyrrole nitrogens is 1. The standard InChI is InChI=1S/C18H16N4O/c19-10-13-11-22(14-3-1-2-4-14)16-6-5-12(9-15(13)16)18-20-8-7-17(23)21-18/h5-9,11,14H,1-4H2,(H,20,21,23). The number of fused-ring (bicyclic) bond motifs is 1. The van der Waals surface area contributed by atoms with Crippen LogP contribution in [0.1, 0.15) is 37.3 Å². The lowest BCUT2D eigenvalue weighted by atomic mass is 10.1. The van der Waals surface area contributed by atoms with E-state index in [4.69, 9.17) is 0 Å². The maximum absolute atomic E-state index is 11.5. The van der Waals surface area contributed by atoms with Crippen molar-refractivity contribution in [1.82, 2.24) is 14.5 Å². The van der Waals surface area contributed by atoms with E-state index in [2.05, 4.69) is 20.6 Å². The zero-order chi connectivity index (χ0) is 15.8. The molecule has 1 N–H and O–H groups in total. The van der Waals surface area contributed by atoms with E-state index < -0.39 is 0 Å². The molecule has 3 aromatic rings. The van der Waals surface area contributed by atoms with E-state index in [9.17, 15) is 10.1 Å². The van der Waals surface area contributed by atoms with Gasteiger partial charge < -0.3 is 9.55 Å². The molecule has 0 radical (unpaired) electrons. The summed E-state index contributed by atoms with van der Waals surface area (Å²) in [6.07, 6.45) is 8.30. The van der Waals surface area contributed by atoms with Gasteiger partial charge in [-0.25, -0.2) is 4.98 Å².